The Hall–Kier alpha value is -2.16. The van der Waals surface area contributed by atoms with Gasteiger partial charge >= 0.3 is 0 Å². The van der Waals surface area contributed by atoms with Gasteiger partial charge in [-0.3, -0.25) is 9.36 Å². The molecule has 0 radical (unpaired) electrons. The van der Waals surface area contributed by atoms with Crippen molar-refractivity contribution >= 4 is 32.7 Å². The molecule has 2 aromatic carbocycles. The lowest BCUT2D eigenvalue weighted by Gasteiger charge is -2.14. The Morgan fingerprint density at radius 2 is 1.86 bits per heavy atom. The highest BCUT2D eigenvalue weighted by molar-refractivity contribution is 7.99. The number of nitrogens with zero attached hydrogens (tertiary/aromatic N) is 2. The molecule has 0 atom stereocenters. The summed E-state index contributed by atoms with van der Waals surface area (Å²) >= 11 is 1.39. The van der Waals surface area contributed by atoms with Crippen LogP contribution >= 0.6 is 11.8 Å². The van der Waals surface area contributed by atoms with Crippen LogP contribution < -0.4 is 10.3 Å². The SMILES string of the molecule is CNS(=O)(=O)CCCSc1nc2ccccc2c(=O)n1-c1ccc(C)c(C)c1. The number of hydrogen-bond acceptors (Lipinski definition) is 5. The number of hydrogen-bond donors (Lipinski definition) is 1. The number of sulfonamides is 1. The number of benzene rings is 2. The Morgan fingerprint density at radius 3 is 2.57 bits per heavy atom. The quantitative estimate of drug-likeness (QED) is 0.363. The molecule has 1 heterocycles. The molecule has 0 bridgehead atoms. The Balaban J connectivity index is 2.02. The third-order valence-electron chi connectivity index (χ3n) is 4.59. The molecular formula is C20H23N3O3S2. The van der Waals surface area contributed by atoms with Crippen LogP contribution in [-0.4, -0.2) is 36.5 Å². The van der Waals surface area contributed by atoms with Crippen molar-refractivity contribution in [3.63, 3.8) is 0 Å². The fraction of sp³-hybridized carbons (Fsp3) is 0.300. The van der Waals surface area contributed by atoms with Crippen LogP contribution in [0.25, 0.3) is 16.6 Å². The van der Waals surface area contributed by atoms with Gasteiger partial charge in [0.15, 0.2) is 5.16 Å². The molecule has 0 fully saturated rings. The summed E-state index contributed by atoms with van der Waals surface area (Å²) in [6.45, 7) is 4.03. The van der Waals surface area contributed by atoms with Crippen molar-refractivity contribution in [2.24, 2.45) is 0 Å². The minimum atomic E-state index is -3.24. The van der Waals surface area contributed by atoms with Crippen LogP contribution in [-0.2, 0) is 10.0 Å². The summed E-state index contributed by atoms with van der Waals surface area (Å²) in [7, 11) is -1.83. The average molecular weight is 418 g/mol. The first-order chi connectivity index (χ1) is 13.3. The third-order valence-corrected chi connectivity index (χ3v) is 7.07. The Kier molecular flexibility index (Phi) is 6.22. The highest BCUT2D eigenvalue weighted by Gasteiger charge is 2.14. The molecule has 28 heavy (non-hydrogen) atoms. The predicted octanol–water partition coefficient (Wildman–Crippen LogP) is 3.03. The van der Waals surface area contributed by atoms with Crippen LogP contribution in [0, 0.1) is 13.8 Å². The van der Waals surface area contributed by atoms with E-state index in [2.05, 4.69) is 9.71 Å². The zero-order valence-corrected chi connectivity index (χ0v) is 17.7. The number of aryl methyl sites for hydroxylation is 2. The van der Waals surface area contributed by atoms with Gasteiger partial charge < -0.3 is 0 Å². The van der Waals surface area contributed by atoms with Crippen LogP contribution in [0.15, 0.2) is 52.4 Å². The van der Waals surface area contributed by atoms with E-state index >= 15 is 0 Å². The lowest BCUT2D eigenvalue weighted by atomic mass is 10.1. The molecule has 0 aliphatic carbocycles. The number of fused-ring (bicyclic) bond motifs is 1. The molecule has 0 amide bonds. The van der Waals surface area contributed by atoms with E-state index < -0.39 is 10.0 Å². The molecule has 0 unspecified atom stereocenters. The fourth-order valence-corrected chi connectivity index (χ4v) is 4.68. The second-order valence-electron chi connectivity index (χ2n) is 6.55. The molecule has 3 rings (SSSR count). The van der Waals surface area contributed by atoms with Crippen molar-refractivity contribution < 1.29 is 8.42 Å². The number of nitrogens with one attached hydrogen (secondary N) is 1. The summed E-state index contributed by atoms with van der Waals surface area (Å²) in [6, 6.07) is 13.1. The minimum absolute atomic E-state index is 0.0396. The smallest absolute Gasteiger partial charge is 0.266 e. The van der Waals surface area contributed by atoms with E-state index in [1.807, 2.05) is 50.2 Å². The summed E-state index contributed by atoms with van der Waals surface area (Å²) in [5.41, 5.74) is 3.51. The molecule has 1 N–H and O–H groups in total. The van der Waals surface area contributed by atoms with Crippen LogP contribution in [0.3, 0.4) is 0 Å². The second-order valence-corrected chi connectivity index (χ2v) is 9.65. The topological polar surface area (TPSA) is 81.1 Å². The Morgan fingerprint density at radius 1 is 1.11 bits per heavy atom. The highest BCUT2D eigenvalue weighted by atomic mass is 32.2. The van der Waals surface area contributed by atoms with E-state index in [0.717, 1.165) is 16.8 Å². The van der Waals surface area contributed by atoms with E-state index in [4.69, 9.17) is 0 Å². The van der Waals surface area contributed by atoms with Crippen LogP contribution in [0.1, 0.15) is 17.5 Å². The zero-order chi connectivity index (χ0) is 20.3. The first-order valence-electron chi connectivity index (χ1n) is 8.96. The Labute approximate surface area is 169 Å². The lowest BCUT2D eigenvalue weighted by molar-refractivity contribution is 0.587. The van der Waals surface area contributed by atoms with Gasteiger partial charge in [-0.05, 0) is 62.7 Å². The van der Waals surface area contributed by atoms with Crippen molar-refractivity contribution in [2.75, 3.05) is 18.6 Å². The summed E-state index contributed by atoms with van der Waals surface area (Å²) in [5.74, 6) is 0.578. The highest BCUT2D eigenvalue weighted by Crippen LogP contribution is 2.23. The van der Waals surface area contributed by atoms with Gasteiger partial charge in [0, 0.05) is 5.75 Å². The van der Waals surface area contributed by atoms with E-state index in [1.165, 1.54) is 18.8 Å². The summed E-state index contributed by atoms with van der Waals surface area (Å²) in [5, 5.41) is 1.12. The summed E-state index contributed by atoms with van der Waals surface area (Å²) in [4.78, 5) is 17.9. The van der Waals surface area contributed by atoms with E-state index in [1.54, 1.807) is 10.6 Å². The molecule has 8 heteroatoms. The predicted molar refractivity (Wildman–Crippen MR) is 115 cm³/mol. The van der Waals surface area contributed by atoms with E-state index in [0.29, 0.717) is 28.2 Å². The first kappa shape index (κ1) is 20.6. The maximum atomic E-state index is 13.2. The van der Waals surface area contributed by atoms with Gasteiger partial charge in [-0.2, -0.15) is 0 Å². The minimum Gasteiger partial charge on any atom is -0.268 e. The van der Waals surface area contributed by atoms with Crippen LogP contribution in [0.5, 0.6) is 0 Å². The number of rotatable bonds is 7. The van der Waals surface area contributed by atoms with Gasteiger partial charge in [-0.1, -0.05) is 30.0 Å². The number of para-hydroxylation sites is 1. The van der Waals surface area contributed by atoms with Crippen LogP contribution in [0.4, 0.5) is 0 Å². The molecule has 0 saturated carbocycles. The number of thioether (sulfide) groups is 1. The molecule has 3 aromatic rings. The molecular weight excluding hydrogens is 394 g/mol. The van der Waals surface area contributed by atoms with Gasteiger partial charge in [-0.15, -0.1) is 0 Å². The van der Waals surface area contributed by atoms with Crippen molar-refractivity contribution in [3.8, 4) is 5.69 Å². The molecule has 0 saturated heterocycles. The first-order valence-corrected chi connectivity index (χ1v) is 11.6. The maximum Gasteiger partial charge on any atom is 0.266 e. The van der Waals surface area contributed by atoms with Gasteiger partial charge in [0.05, 0.1) is 22.3 Å². The molecule has 0 spiro atoms. The van der Waals surface area contributed by atoms with Crippen molar-refractivity contribution in [2.45, 2.75) is 25.4 Å². The summed E-state index contributed by atoms with van der Waals surface area (Å²) in [6.07, 6.45) is 0.462. The monoisotopic (exact) mass is 417 g/mol. The van der Waals surface area contributed by atoms with Crippen molar-refractivity contribution in [1.29, 1.82) is 0 Å². The molecule has 0 aliphatic rings. The van der Waals surface area contributed by atoms with Gasteiger partial charge in [-0.25, -0.2) is 18.1 Å². The van der Waals surface area contributed by atoms with E-state index in [9.17, 15) is 13.2 Å². The molecule has 148 valence electrons. The van der Waals surface area contributed by atoms with Crippen LogP contribution in [0.2, 0.25) is 0 Å². The third kappa shape index (κ3) is 4.45. The lowest BCUT2D eigenvalue weighted by Crippen LogP contribution is -2.23. The zero-order valence-electron chi connectivity index (χ0n) is 16.1. The molecule has 0 aliphatic heterocycles. The summed E-state index contributed by atoms with van der Waals surface area (Å²) < 4.78 is 27.1. The Bertz CT molecular complexity index is 1170. The van der Waals surface area contributed by atoms with Gasteiger partial charge in [0.1, 0.15) is 0 Å². The van der Waals surface area contributed by atoms with E-state index in [-0.39, 0.29) is 11.3 Å². The van der Waals surface area contributed by atoms with Gasteiger partial charge in [0.25, 0.3) is 5.56 Å². The normalized spacial score (nSPS) is 11.8. The standard InChI is InChI=1S/C20H23N3O3S2/c1-14-9-10-16(13-15(14)2)23-19(24)17-7-4-5-8-18(17)22-20(23)27-11-6-12-28(25,26)21-3/h4-5,7-10,13,21H,6,11-12H2,1-3H3. The largest absolute Gasteiger partial charge is 0.268 e. The van der Waals surface area contributed by atoms with Gasteiger partial charge in [0.2, 0.25) is 10.0 Å². The van der Waals surface area contributed by atoms with Crippen molar-refractivity contribution in [3.05, 3.63) is 63.9 Å². The maximum absolute atomic E-state index is 13.2. The number of aromatic nitrogens is 2. The fourth-order valence-electron chi connectivity index (χ4n) is 2.82. The molecule has 6 nitrogen and oxygen atoms in total. The average Bonchev–Trinajstić information content (AvgIpc) is 2.68. The second kappa shape index (κ2) is 8.46. The van der Waals surface area contributed by atoms with Crippen molar-refractivity contribution in [1.82, 2.24) is 14.3 Å². The molecule has 1 aromatic heterocycles.